The van der Waals surface area contributed by atoms with Gasteiger partial charge in [-0.05, 0) is 62.4 Å². The Morgan fingerprint density at radius 1 is 1.25 bits per heavy atom. The van der Waals surface area contributed by atoms with E-state index in [0.29, 0.717) is 18.9 Å². The molecular weight excluding hydrogens is 372 g/mol. The van der Waals surface area contributed by atoms with Gasteiger partial charge in [-0.1, -0.05) is 23.7 Å². The highest BCUT2D eigenvalue weighted by Crippen LogP contribution is 2.19. The van der Waals surface area contributed by atoms with Crippen LogP contribution in [0.4, 0.5) is 0 Å². The Hall–Kier alpha value is -1.85. The number of piperidine rings is 1. The molecule has 2 aromatic rings. The minimum atomic E-state index is 0.202. The topological polar surface area (TPSA) is 41.4 Å². The molecule has 6 heteroatoms. The van der Waals surface area contributed by atoms with E-state index in [1.54, 1.807) is 6.20 Å². The van der Waals surface area contributed by atoms with Gasteiger partial charge in [0, 0.05) is 56.6 Å². The van der Waals surface area contributed by atoms with Gasteiger partial charge in [0.25, 0.3) is 0 Å². The number of amides is 1. The monoisotopic (exact) mass is 402 g/mol. The van der Waals surface area contributed by atoms with Crippen LogP contribution in [-0.2, 0) is 17.8 Å². The van der Waals surface area contributed by atoms with Crippen LogP contribution >= 0.6 is 11.6 Å². The number of carbonyl (C=O) groups is 1. The molecule has 1 aromatic carbocycles. The Morgan fingerprint density at radius 2 is 2.04 bits per heavy atom. The number of aromatic nitrogens is 2. The smallest absolute Gasteiger partial charge is 0.224 e. The van der Waals surface area contributed by atoms with Crippen LogP contribution in [0.2, 0.25) is 5.02 Å². The van der Waals surface area contributed by atoms with Crippen molar-refractivity contribution in [1.29, 1.82) is 0 Å². The maximum absolute atomic E-state index is 12.5. The molecule has 1 aromatic heterocycles. The zero-order valence-corrected chi connectivity index (χ0v) is 17.7. The second-order valence-corrected chi connectivity index (χ2v) is 8.34. The van der Waals surface area contributed by atoms with E-state index in [-0.39, 0.29) is 5.91 Å². The molecule has 0 aliphatic carbocycles. The molecule has 1 saturated heterocycles. The maximum atomic E-state index is 12.5. The number of likely N-dealkylation sites (tertiary alicyclic amines) is 1. The zero-order valence-electron chi connectivity index (χ0n) is 17.0. The molecule has 152 valence electrons. The van der Waals surface area contributed by atoms with Gasteiger partial charge in [0.1, 0.15) is 0 Å². The Balaban J connectivity index is 1.41. The number of hydrogen-bond acceptors (Lipinski definition) is 3. The maximum Gasteiger partial charge on any atom is 0.224 e. The van der Waals surface area contributed by atoms with E-state index in [1.807, 2.05) is 41.8 Å². The molecule has 1 atom stereocenters. The molecule has 3 rings (SSSR count). The van der Waals surface area contributed by atoms with E-state index in [0.717, 1.165) is 43.3 Å². The Kier molecular flexibility index (Phi) is 7.51. The van der Waals surface area contributed by atoms with Gasteiger partial charge in [-0.3, -0.25) is 9.48 Å². The normalized spacial score (nSPS) is 17.6. The summed E-state index contributed by atoms with van der Waals surface area (Å²) in [6.07, 6.45) is 5.74. The fraction of sp³-hybridized carbons (Fsp3) is 0.545. The molecule has 5 nitrogen and oxygen atoms in total. The van der Waals surface area contributed by atoms with E-state index in [2.05, 4.69) is 22.1 Å². The van der Waals surface area contributed by atoms with Crippen molar-refractivity contribution < 1.29 is 4.79 Å². The average Bonchev–Trinajstić information content (AvgIpc) is 3.10. The van der Waals surface area contributed by atoms with Crippen LogP contribution < -0.4 is 0 Å². The van der Waals surface area contributed by atoms with E-state index in [1.165, 1.54) is 18.4 Å². The van der Waals surface area contributed by atoms with Crippen LogP contribution in [0, 0.1) is 12.8 Å². The largest absolute Gasteiger partial charge is 0.345 e. The summed E-state index contributed by atoms with van der Waals surface area (Å²) in [6.45, 7) is 6.80. The van der Waals surface area contributed by atoms with Gasteiger partial charge in [-0.2, -0.15) is 5.10 Å². The lowest BCUT2D eigenvalue weighted by atomic mass is 9.97. The summed E-state index contributed by atoms with van der Waals surface area (Å²) < 4.78 is 1.89. The molecule has 1 fully saturated rings. The molecule has 1 aliphatic heterocycles. The molecule has 1 amide bonds. The Bertz CT molecular complexity index is 758. The van der Waals surface area contributed by atoms with Crippen LogP contribution in [0.5, 0.6) is 0 Å². The molecule has 0 spiro atoms. The van der Waals surface area contributed by atoms with Gasteiger partial charge in [0.2, 0.25) is 5.91 Å². The molecule has 0 bridgehead atoms. The number of benzene rings is 1. The van der Waals surface area contributed by atoms with Crippen molar-refractivity contribution in [3.63, 3.8) is 0 Å². The summed E-state index contributed by atoms with van der Waals surface area (Å²) in [5, 5.41) is 5.04. The summed E-state index contributed by atoms with van der Waals surface area (Å²) in [4.78, 5) is 16.9. The van der Waals surface area contributed by atoms with E-state index < -0.39 is 0 Å². The molecule has 0 saturated carbocycles. The molecule has 28 heavy (non-hydrogen) atoms. The van der Waals surface area contributed by atoms with Crippen molar-refractivity contribution in [1.82, 2.24) is 19.6 Å². The van der Waals surface area contributed by atoms with E-state index in [4.69, 9.17) is 11.6 Å². The lowest BCUT2D eigenvalue weighted by molar-refractivity contribution is -0.131. The summed E-state index contributed by atoms with van der Waals surface area (Å²) in [5.41, 5.74) is 2.42. The quantitative estimate of drug-likeness (QED) is 0.676. The van der Waals surface area contributed by atoms with Gasteiger partial charge in [-0.15, -0.1) is 0 Å². The van der Waals surface area contributed by atoms with Crippen LogP contribution in [0.3, 0.4) is 0 Å². The molecule has 0 unspecified atom stereocenters. The number of aryl methyl sites for hydroxylation is 2. The van der Waals surface area contributed by atoms with Gasteiger partial charge < -0.3 is 9.80 Å². The first-order chi connectivity index (χ1) is 13.5. The van der Waals surface area contributed by atoms with Gasteiger partial charge in [-0.25, -0.2) is 0 Å². The van der Waals surface area contributed by atoms with Crippen molar-refractivity contribution in [2.24, 2.45) is 5.92 Å². The van der Waals surface area contributed by atoms with Crippen molar-refractivity contribution >= 4 is 17.5 Å². The van der Waals surface area contributed by atoms with E-state index >= 15 is 0 Å². The second-order valence-electron chi connectivity index (χ2n) is 7.91. The number of nitrogens with zero attached hydrogens (tertiary/aromatic N) is 4. The van der Waals surface area contributed by atoms with Crippen LogP contribution in [0.15, 0.2) is 36.5 Å². The standard InChI is InChI=1S/C22H31ClN4O/c1-18-9-12-24-27(18)15-11-22(28)25(2)16-20-4-3-13-26(17-20)14-10-19-5-7-21(23)8-6-19/h5-9,12,20H,3-4,10-11,13-17H2,1-2H3/t20-/m0/s1. The van der Waals surface area contributed by atoms with Gasteiger partial charge >= 0.3 is 0 Å². The number of halogens is 1. The number of rotatable bonds is 8. The number of hydrogen-bond donors (Lipinski definition) is 0. The first-order valence-electron chi connectivity index (χ1n) is 10.2. The summed E-state index contributed by atoms with van der Waals surface area (Å²) in [6, 6.07) is 10.1. The molecule has 0 radical (unpaired) electrons. The SMILES string of the molecule is Cc1ccnn1CCC(=O)N(C)C[C@@H]1CCCN(CCc2ccc(Cl)cc2)C1. The highest BCUT2D eigenvalue weighted by Gasteiger charge is 2.22. The zero-order chi connectivity index (χ0) is 19.9. The third-order valence-electron chi connectivity index (χ3n) is 5.66. The van der Waals surface area contributed by atoms with Crippen molar-refractivity contribution in [3.8, 4) is 0 Å². The van der Waals surface area contributed by atoms with Crippen LogP contribution in [-0.4, -0.2) is 58.7 Å². The van der Waals surface area contributed by atoms with Gasteiger partial charge in [0.15, 0.2) is 0 Å². The molecule has 0 N–H and O–H groups in total. The fourth-order valence-electron chi connectivity index (χ4n) is 3.96. The number of carbonyl (C=O) groups excluding carboxylic acids is 1. The third kappa shape index (κ3) is 6.08. The lowest BCUT2D eigenvalue weighted by Crippen LogP contribution is -2.42. The predicted octanol–water partition coefficient (Wildman–Crippen LogP) is 3.65. The Labute approximate surface area is 173 Å². The molecule has 1 aliphatic rings. The lowest BCUT2D eigenvalue weighted by Gasteiger charge is -2.34. The fourth-order valence-corrected chi connectivity index (χ4v) is 4.08. The molecule has 2 heterocycles. The van der Waals surface area contributed by atoms with Crippen LogP contribution in [0.1, 0.15) is 30.5 Å². The summed E-state index contributed by atoms with van der Waals surface area (Å²) in [7, 11) is 1.94. The Morgan fingerprint density at radius 3 is 2.75 bits per heavy atom. The predicted molar refractivity (Wildman–Crippen MR) is 114 cm³/mol. The van der Waals surface area contributed by atoms with Crippen molar-refractivity contribution in [2.75, 3.05) is 33.2 Å². The first kappa shape index (κ1) is 20.9. The summed E-state index contributed by atoms with van der Waals surface area (Å²) in [5.74, 6) is 0.757. The average molecular weight is 403 g/mol. The van der Waals surface area contributed by atoms with Crippen LogP contribution in [0.25, 0.3) is 0 Å². The first-order valence-corrected chi connectivity index (χ1v) is 10.6. The molecular formula is C22H31ClN4O. The van der Waals surface area contributed by atoms with Crippen molar-refractivity contribution in [2.45, 2.75) is 39.2 Å². The summed E-state index contributed by atoms with van der Waals surface area (Å²) >= 11 is 5.97. The van der Waals surface area contributed by atoms with Crippen molar-refractivity contribution in [3.05, 3.63) is 52.8 Å². The minimum absolute atomic E-state index is 0.202. The second kappa shape index (κ2) is 10.1. The highest BCUT2D eigenvalue weighted by atomic mass is 35.5. The third-order valence-corrected chi connectivity index (χ3v) is 5.91. The highest BCUT2D eigenvalue weighted by molar-refractivity contribution is 6.30. The minimum Gasteiger partial charge on any atom is -0.345 e. The van der Waals surface area contributed by atoms with Gasteiger partial charge in [0.05, 0.1) is 0 Å². The van der Waals surface area contributed by atoms with E-state index in [9.17, 15) is 4.79 Å².